The molecule has 2 aromatic carbocycles. The molecule has 0 saturated heterocycles. The van der Waals surface area contributed by atoms with Crippen LogP contribution in [0.2, 0.25) is 0 Å². The number of nitrogens with zero attached hydrogens (tertiary/aromatic N) is 1. The maximum atomic E-state index is 12.3. The van der Waals surface area contributed by atoms with Gasteiger partial charge in [0.15, 0.2) is 0 Å². The Morgan fingerprint density at radius 3 is 2.56 bits per heavy atom. The van der Waals surface area contributed by atoms with Crippen molar-refractivity contribution in [3.63, 3.8) is 0 Å². The Kier molecular flexibility index (Phi) is 7.59. The highest BCUT2D eigenvalue weighted by Crippen LogP contribution is 2.24. The normalized spacial score (nSPS) is 10.9. The fourth-order valence-corrected chi connectivity index (χ4v) is 2.78. The summed E-state index contributed by atoms with van der Waals surface area (Å²) >= 11 is 2.17. The molecule has 0 radical (unpaired) electrons. The van der Waals surface area contributed by atoms with E-state index in [9.17, 15) is 9.59 Å². The molecular weight excluding hydrogens is 461 g/mol. The Labute approximate surface area is 171 Å². The van der Waals surface area contributed by atoms with Crippen LogP contribution in [0.1, 0.15) is 23.7 Å². The summed E-state index contributed by atoms with van der Waals surface area (Å²) in [6.45, 7) is 1.67. The minimum Gasteiger partial charge on any atom is -0.497 e. The molecule has 0 aromatic heterocycles. The van der Waals surface area contributed by atoms with Crippen molar-refractivity contribution in [1.82, 2.24) is 5.43 Å². The molecule has 2 aromatic rings. The number of methoxy groups -OCH3 is 2. The lowest BCUT2D eigenvalue weighted by Crippen LogP contribution is -2.22. The zero-order chi connectivity index (χ0) is 19.8. The van der Waals surface area contributed by atoms with Crippen molar-refractivity contribution in [3.05, 3.63) is 51.6 Å². The second kappa shape index (κ2) is 9.91. The van der Waals surface area contributed by atoms with Crippen molar-refractivity contribution in [3.8, 4) is 11.5 Å². The molecule has 0 heterocycles. The number of carbonyl (C=O) groups is 2. The lowest BCUT2D eigenvalue weighted by Gasteiger charge is -2.09. The standard InChI is InChI=1S/C19H20IN3O4/c1-12(9-18(24)21-14-6-4-5-13(20)10-14)22-23-19(25)16-8-7-15(26-2)11-17(16)27-3/h4-8,10-11H,9H2,1-3H3,(H,21,24)(H,23,25). The van der Waals surface area contributed by atoms with E-state index in [1.54, 1.807) is 25.1 Å². The summed E-state index contributed by atoms with van der Waals surface area (Å²) in [5.41, 5.74) is 3.94. The number of ether oxygens (including phenoxy) is 2. The van der Waals surface area contributed by atoms with Gasteiger partial charge in [0, 0.05) is 21.0 Å². The SMILES string of the molecule is COc1ccc(C(=O)NN=C(C)CC(=O)Nc2cccc(I)c2)c(OC)c1. The van der Waals surface area contributed by atoms with E-state index in [0.29, 0.717) is 28.5 Å². The van der Waals surface area contributed by atoms with Crippen LogP contribution in [0, 0.1) is 3.57 Å². The fraction of sp³-hybridized carbons (Fsp3) is 0.211. The monoisotopic (exact) mass is 481 g/mol. The van der Waals surface area contributed by atoms with Gasteiger partial charge in [-0.15, -0.1) is 0 Å². The van der Waals surface area contributed by atoms with Gasteiger partial charge < -0.3 is 14.8 Å². The lowest BCUT2D eigenvalue weighted by molar-refractivity contribution is -0.115. The van der Waals surface area contributed by atoms with E-state index in [0.717, 1.165) is 3.57 Å². The number of carbonyl (C=O) groups excluding carboxylic acids is 2. The summed E-state index contributed by atoms with van der Waals surface area (Å²) < 4.78 is 11.3. The van der Waals surface area contributed by atoms with Crippen LogP contribution in [0.25, 0.3) is 0 Å². The Bertz CT molecular complexity index is 868. The minimum absolute atomic E-state index is 0.0610. The van der Waals surface area contributed by atoms with Gasteiger partial charge in [-0.25, -0.2) is 5.43 Å². The van der Waals surface area contributed by atoms with Gasteiger partial charge in [0.05, 0.1) is 26.2 Å². The van der Waals surface area contributed by atoms with E-state index in [1.807, 2.05) is 24.3 Å². The van der Waals surface area contributed by atoms with E-state index in [4.69, 9.17) is 9.47 Å². The zero-order valence-corrected chi connectivity index (χ0v) is 17.4. The van der Waals surface area contributed by atoms with E-state index in [2.05, 4.69) is 38.4 Å². The first-order valence-corrected chi connectivity index (χ1v) is 9.11. The average molecular weight is 481 g/mol. The minimum atomic E-state index is -0.438. The van der Waals surface area contributed by atoms with Gasteiger partial charge in [0.1, 0.15) is 11.5 Å². The van der Waals surface area contributed by atoms with Crippen molar-refractivity contribution >= 4 is 45.8 Å². The average Bonchev–Trinajstić information content (AvgIpc) is 2.65. The first-order chi connectivity index (χ1) is 12.9. The summed E-state index contributed by atoms with van der Waals surface area (Å²) in [5, 5.41) is 6.78. The summed E-state index contributed by atoms with van der Waals surface area (Å²) in [6, 6.07) is 12.3. The molecule has 0 atom stereocenters. The van der Waals surface area contributed by atoms with E-state index in [1.165, 1.54) is 14.2 Å². The van der Waals surface area contributed by atoms with Crippen molar-refractivity contribution in [2.45, 2.75) is 13.3 Å². The molecule has 7 nitrogen and oxygen atoms in total. The van der Waals surface area contributed by atoms with Crippen LogP contribution in [0.5, 0.6) is 11.5 Å². The maximum Gasteiger partial charge on any atom is 0.275 e. The molecule has 8 heteroatoms. The van der Waals surface area contributed by atoms with Gasteiger partial charge in [-0.05, 0) is 59.8 Å². The Balaban J connectivity index is 1.96. The first kappa shape index (κ1) is 20.7. The Morgan fingerprint density at radius 2 is 1.89 bits per heavy atom. The number of anilines is 1. The largest absolute Gasteiger partial charge is 0.497 e. The molecule has 0 bridgehead atoms. The maximum absolute atomic E-state index is 12.3. The predicted octanol–water partition coefficient (Wildman–Crippen LogP) is 3.44. The second-order valence-electron chi connectivity index (χ2n) is 5.59. The van der Waals surface area contributed by atoms with Crippen LogP contribution in [-0.2, 0) is 4.79 Å². The third-order valence-corrected chi connectivity index (χ3v) is 4.20. The van der Waals surface area contributed by atoms with Crippen LogP contribution in [0.3, 0.4) is 0 Å². The first-order valence-electron chi connectivity index (χ1n) is 8.04. The number of hydrogen-bond donors (Lipinski definition) is 2. The number of nitrogens with one attached hydrogen (secondary N) is 2. The van der Waals surface area contributed by atoms with Gasteiger partial charge in [-0.2, -0.15) is 5.10 Å². The third-order valence-electron chi connectivity index (χ3n) is 3.53. The van der Waals surface area contributed by atoms with Crippen LogP contribution in [0.15, 0.2) is 47.6 Å². The quantitative estimate of drug-likeness (QED) is 0.360. The van der Waals surface area contributed by atoms with E-state index in [-0.39, 0.29) is 12.3 Å². The molecule has 0 fully saturated rings. The summed E-state index contributed by atoms with van der Waals surface area (Å²) in [5.74, 6) is 0.299. The molecule has 0 aliphatic carbocycles. The summed E-state index contributed by atoms with van der Waals surface area (Å²) in [6.07, 6.45) is 0.0610. The van der Waals surface area contributed by atoms with E-state index >= 15 is 0 Å². The molecule has 0 unspecified atom stereocenters. The fourth-order valence-electron chi connectivity index (χ4n) is 2.24. The number of hydrogen-bond acceptors (Lipinski definition) is 5. The van der Waals surface area contributed by atoms with Gasteiger partial charge in [-0.3, -0.25) is 9.59 Å². The molecule has 2 amide bonds. The molecule has 0 spiro atoms. The molecule has 2 rings (SSSR count). The lowest BCUT2D eigenvalue weighted by atomic mass is 10.2. The number of benzene rings is 2. The molecule has 0 saturated carbocycles. The number of hydrazone groups is 1. The highest BCUT2D eigenvalue weighted by molar-refractivity contribution is 14.1. The number of halogens is 1. The molecule has 0 aliphatic rings. The molecule has 27 heavy (non-hydrogen) atoms. The summed E-state index contributed by atoms with van der Waals surface area (Å²) in [7, 11) is 3.00. The van der Waals surface area contributed by atoms with Crippen LogP contribution >= 0.6 is 22.6 Å². The highest BCUT2D eigenvalue weighted by atomic mass is 127. The van der Waals surface area contributed by atoms with Gasteiger partial charge in [-0.1, -0.05) is 6.07 Å². The van der Waals surface area contributed by atoms with Crippen LogP contribution in [0.4, 0.5) is 5.69 Å². The van der Waals surface area contributed by atoms with Gasteiger partial charge in [0.2, 0.25) is 5.91 Å². The molecule has 0 aliphatic heterocycles. The van der Waals surface area contributed by atoms with Crippen molar-refractivity contribution in [2.24, 2.45) is 5.10 Å². The van der Waals surface area contributed by atoms with Crippen molar-refractivity contribution in [1.29, 1.82) is 0 Å². The molecular formula is C19H20IN3O4. The molecule has 2 N–H and O–H groups in total. The third kappa shape index (κ3) is 6.24. The van der Waals surface area contributed by atoms with Crippen LogP contribution < -0.4 is 20.2 Å². The highest BCUT2D eigenvalue weighted by Gasteiger charge is 2.13. The predicted molar refractivity (Wildman–Crippen MR) is 113 cm³/mol. The van der Waals surface area contributed by atoms with Gasteiger partial charge >= 0.3 is 0 Å². The number of amides is 2. The van der Waals surface area contributed by atoms with Crippen LogP contribution in [-0.4, -0.2) is 31.7 Å². The Morgan fingerprint density at radius 1 is 1.11 bits per heavy atom. The second-order valence-corrected chi connectivity index (χ2v) is 6.84. The number of rotatable bonds is 7. The van der Waals surface area contributed by atoms with E-state index < -0.39 is 5.91 Å². The Hall–Kier alpha value is -2.62. The molecule has 142 valence electrons. The van der Waals surface area contributed by atoms with Gasteiger partial charge in [0.25, 0.3) is 5.91 Å². The van der Waals surface area contributed by atoms with Crippen molar-refractivity contribution < 1.29 is 19.1 Å². The topological polar surface area (TPSA) is 89.0 Å². The summed E-state index contributed by atoms with van der Waals surface area (Å²) in [4.78, 5) is 24.4. The smallest absolute Gasteiger partial charge is 0.275 e. The zero-order valence-electron chi connectivity index (χ0n) is 15.2. The van der Waals surface area contributed by atoms with Crippen molar-refractivity contribution in [2.75, 3.05) is 19.5 Å².